The van der Waals surface area contributed by atoms with E-state index in [-0.39, 0.29) is 5.82 Å². The highest BCUT2D eigenvalue weighted by atomic mass is 19.1. The molecule has 0 N–H and O–H groups in total. The van der Waals surface area contributed by atoms with Crippen LogP contribution in [-0.4, -0.2) is 17.1 Å². The minimum Gasteiger partial charge on any atom is -0.497 e. The summed E-state index contributed by atoms with van der Waals surface area (Å²) < 4.78 is 18.1. The van der Waals surface area contributed by atoms with Gasteiger partial charge in [0.25, 0.3) is 0 Å². The fraction of sp³-hybridized carbons (Fsp3) is 0.0667. The fourth-order valence-corrected chi connectivity index (χ4v) is 2.00. The van der Waals surface area contributed by atoms with Crippen molar-refractivity contribution in [1.29, 1.82) is 0 Å². The van der Waals surface area contributed by atoms with Crippen molar-refractivity contribution in [3.05, 3.63) is 54.6 Å². The number of hydrogen-bond donors (Lipinski definition) is 0. The predicted octanol–water partition coefficient (Wildman–Crippen LogP) is 3.44. The second-order valence-corrected chi connectivity index (χ2v) is 4.11. The van der Waals surface area contributed by atoms with E-state index in [1.165, 1.54) is 18.5 Å². The first kappa shape index (κ1) is 11.6. The summed E-state index contributed by atoms with van der Waals surface area (Å²) in [4.78, 5) is 8.52. The summed E-state index contributed by atoms with van der Waals surface area (Å²) in [7, 11) is 1.61. The van der Waals surface area contributed by atoms with Gasteiger partial charge in [-0.15, -0.1) is 0 Å². The molecular weight excluding hydrogens is 243 g/mol. The van der Waals surface area contributed by atoms with Crippen LogP contribution in [0, 0.1) is 5.82 Å². The molecule has 0 saturated heterocycles. The number of methoxy groups -OCH3 is 1. The van der Waals surface area contributed by atoms with E-state index in [0.717, 1.165) is 27.9 Å². The predicted molar refractivity (Wildman–Crippen MR) is 71.5 cm³/mol. The van der Waals surface area contributed by atoms with Crippen LogP contribution in [0.1, 0.15) is 0 Å². The molecule has 1 aromatic heterocycles. The first-order valence-electron chi connectivity index (χ1n) is 5.82. The molecule has 0 bridgehead atoms. The summed E-state index contributed by atoms with van der Waals surface area (Å²) in [5, 5.41) is 0.912. The third kappa shape index (κ3) is 2.12. The summed E-state index contributed by atoms with van der Waals surface area (Å²) in [6.45, 7) is 0. The van der Waals surface area contributed by atoms with Crippen molar-refractivity contribution in [1.82, 2.24) is 9.97 Å². The summed E-state index contributed by atoms with van der Waals surface area (Å²) in [6.07, 6.45) is 1.50. The zero-order valence-electron chi connectivity index (χ0n) is 10.3. The molecule has 19 heavy (non-hydrogen) atoms. The van der Waals surface area contributed by atoms with Crippen LogP contribution in [0.15, 0.2) is 48.8 Å². The minimum absolute atomic E-state index is 0.260. The number of rotatable bonds is 2. The minimum atomic E-state index is -0.260. The Morgan fingerprint density at radius 1 is 1.00 bits per heavy atom. The number of fused-ring (bicyclic) bond motifs is 1. The molecule has 0 unspecified atom stereocenters. The largest absolute Gasteiger partial charge is 0.497 e. The van der Waals surface area contributed by atoms with Crippen LogP contribution >= 0.6 is 0 Å². The normalized spacial score (nSPS) is 10.6. The molecule has 94 valence electrons. The van der Waals surface area contributed by atoms with Gasteiger partial charge in [0.1, 0.15) is 17.9 Å². The van der Waals surface area contributed by atoms with E-state index < -0.39 is 0 Å². The molecule has 4 heteroatoms. The Balaban J connectivity index is 2.21. The van der Waals surface area contributed by atoms with Gasteiger partial charge < -0.3 is 4.74 Å². The highest BCUT2D eigenvalue weighted by molar-refractivity contribution is 5.92. The number of halogens is 1. The third-order valence-electron chi connectivity index (χ3n) is 2.96. The Morgan fingerprint density at radius 3 is 2.53 bits per heavy atom. The van der Waals surface area contributed by atoms with E-state index in [0.29, 0.717) is 0 Å². The maximum absolute atomic E-state index is 13.0. The molecule has 0 aliphatic carbocycles. The van der Waals surface area contributed by atoms with Gasteiger partial charge in [-0.3, -0.25) is 0 Å². The lowest BCUT2D eigenvalue weighted by Gasteiger charge is -2.06. The van der Waals surface area contributed by atoms with Crippen LogP contribution in [0.5, 0.6) is 5.75 Å². The van der Waals surface area contributed by atoms with Gasteiger partial charge in [0.05, 0.1) is 18.3 Å². The zero-order chi connectivity index (χ0) is 13.2. The topological polar surface area (TPSA) is 35.0 Å². The summed E-state index contributed by atoms with van der Waals surface area (Å²) in [5.74, 6) is 0.486. The van der Waals surface area contributed by atoms with Crippen molar-refractivity contribution < 1.29 is 9.13 Å². The lowest BCUT2D eigenvalue weighted by Crippen LogP contribution is -1.90. The molecule has 0 fully saturated rings. The highest BCUT2D eigenvalue weighted by Gasteiger charge is 2.07. The SMILES string of the molecule is COc1ccc2c(-c3ccc(F)cc3)ncnc2c1. The maximum Gasteiger partial charge on any atom is 0.123 e. The van der Waals surface area contributed by atoms with E-state index in [9.17, 15) is 4.39 Å². The standard InChI is InChI=1S/C15H11FN2O/c1-19-12-6-7-13-14(8-12)17-9-18-15(13)10-2-4-11(16)5-3-10/h2-9H,1H3. The van der Waals surface area contributed by atoms with E-state index in [4.69, 9.17) is 4.74 Å². The van der Waals surface area contributed by atoms with Gasteiger partial charge in [-0.1, -0.05) is 0 Å². The van der Waals surface area contributed by atoms with Crippen LogP contribution in [0.4, 0.5) is 4.39 Å². The van der Waals surface area contributed by atoms with Gasteiger partial charge in [-0.25, -0.2) is 14.4 Å². The van der Waals surface area contributed by atoms with Gasteiger partial charge in [0.15, 0.2) is 0 Å². The Hall–Kier alpha value is -2.49. The molecule has 0 radical (unpaired) electrons. The summed E-state index contributed by atoms with van der Waals surface area (Å²) in [5.41, 5.74) is 2.44. The number of nitrogens with zero attached hydrogens (tertiary/aromatic N) is 2. The highest BCUT2D eigenvalue weighted by Crippen LogP contribution is 2.27. The zero-order valence-corrected chi connectivity index (χ0v) is 10.3. The van der Waals surface area contributed by atoms with E-state index in [1.54, 1.807) is 19.2 Å². The molecule has 3 nitrogen and oxygen atoms in total. The number of hydrogen-bond acceptors (Lipinski definition) is 3. The second kappa shape index (κ2) is 4.65. The molecule has 3 rings (SSSR count). The van der Waals surface area contributed by atoms with Crippen LogP contribution in [0.25, 0.3) is 22.2 Å². The van der Waals surface area contributed by atoms with Crippen molar-refractivity contribution in [3.63, 3.8) is 0 Å². The lowest BCUT2D eigenvalue weighted by molar-refractivity contribution is 0.415. The summed E-state index contributed by atoms with van der Waals surface area (Å²) >= 11 is 0. The number of benzene rings is 2. The molecule has 0 spiro atoms. The summed E-state index contributed by atoms with van der Waals surface area (Å²) in [6, 6.07) is 11.9. The van der Waals surface area contributed by atoms with Gasteiger partial charge in [0.2, 0.25) is 0 Å². The molecule has 2 aromatic carbocycles. The molecule has 0 amide bonds. The first-order chi connectivity index (χ1) is 9.28. The molecule has 3 aromatic rings. The molecule has 0 saturated carbocycles. The van der Waals surface area contributed by atoms with Crippen molar-refractivity contribution >= 4 is 10.9 Å². The van der Waals surface area contributed by atoms with Crippen molar-refractivity contribution in [2.24, 2.45) is 0 Å². The first-order valence-corrected chi connectivity index (χ1v) is 5.82. The lowest BCUT2D eigenvalue weighted by atomic mass is 10.1. The van der Waals surface area contributed by atoms with Crippen LogP contribution < -0.4 is 4.74 Å². The monoisotopic (exact) mass is 254 g/mol. The van der Waals surface area contributed by atoms with Crippen LogP contribution in [0.2, 0.25) is 0 Å². The van der Waals surface area contributed by atoms with E-state index >= 15 is 0 Å². The smallest absolute Gasteiger partial charge is 0.123 e. The van der Waals surface area contributed by atoms with Crippen molar-refractivity contribution in [2.45, 2.75) is 0 Å². The Bertz CT molecular complexity index is 726. The van der Waals surface area contributed by atoms with E-state index in [1.807, 2.05) is 18.2 Å². The molecule has 0 atom stereocenters. The fourth-order valence-electron chi connectivity index (χ4n) is 2.00. The quantitative estimate of drug-likeness (QED) is 0.702. The Morgan fingerprint density at radius 2 is 1.79 bits per heavy atom. The average molecular weight is 254 g/mol. The van der Waals surface area contributed by atoms with Crippen molar-refractivity contribution in [2.75, 3.05) is 7.11 Å². The van der Waals surface area contributed by atoms with Crippen LogP contribution in [-0.2, 0) is 0 Å². The van der Waals surface area contributed by atoms with Gasteiger partial charge >= 0.3 is 0 Å². The van der Waals surface area contributed by atoms with Crippen molar-refractivity contribution in [3.8, 4) is 17.0 Å². The number of aromatic nitrogens is 2. The second-order valence-electron chi connectivity index (χ2n) is 4.11. The molecule has 1 heterocycles. The number of ether oxygens (including phenoxy) is 1. The Labute approximate surface area is 109 Å². The maximum atomic E-state index is 13.0. The van der Waals surface area contributed by atoms with Gasteiger partial charge in [-0.05, 0) is 36.4 Å². The van der Waals surface area contributed by atoms with E-state index in [2.05, 4.69) is 9.97 Å². The third-order valence-corrected chi connectivity index (χ3v) is 2.96. The average Bonchev–Trinajstić information content (AvgIpc) is 2.47. The van der Waals surface area contributed by atoms with Crippen LogP contribution in [0.3, 0.4) is 0 Å². The molecule has 0 aliphatic heterocycles. The molecular formula is C15H11FN2O. The van der Waals surface area contributed by atoms with Gasteiger partial charge in [-0.2, -0.15) is 0 Å². The van der Waals surface area contributed by atoms with Gasteiger partial charge in [0, 0.05) is 17.0 Å². The molecule has 0 aliphatic rings. The Kier molecular flexibility index (Phi) is 2.83.